The maximum Gasteiger partial charge on any atom is 0.257 e. The van der Waals surface area contributed by atoms with Crippen LogP contribution < -0.4 is 0 Å². The molecule has 106 valence electrons. The lowest BCUT2D eigenvalue weighted by molar-refractivity contribution is 0.0781. The van der Waals surface area contributed by atoms with E-state index in [2.05, 4.69) is 15.0 Å². The van der Waals surface area contributed by atoms with E-state index in [0.29, 0.717) is 17.9 Å². The van der Waals surface area contributed by atoms with Crippen molar-refractivity contribution < 1.29 is 4.79 Å². The highest BCUT2D eigenvalue weighted by atomic mass is 16.2. The van der Waals surface area contributed by atoms with Gasteiger partial charge in [0.15, 0.2) is 0 Å². The maximum atomic E-state index is 12.5. The summed E-state index contributed by atoms with van der Waals surface area (Å²) in [6.45, 7) is 6.44. The Balaban J connectivity index is 2.24. The van der Waals surface area contributed by atoms with Crippen molar-refractivity contribution in [2.24, 2.45) is 0 Å². The van der Waals surface area contributed by atoms with E-state index in [9.17, 15) is 4.79 Å². The number of aromatic nitrogens is 3. The Morgan fingerprint density at radius 2 is 2.20 bits per heavy atom. The van der Waals surface area contributed by atoms with Gasteiger partial charge in [-0.1, -0.05) is 13.8 Å². The zero-order valence-corrected chi connectivity index (χ0v) is 12.3. The molecule has 0 fully saturated rings. The van der Waals surface area contributed by atoms with E-state index in [-0.39, 0.29) is 11.8 Å². The van der Waals surface area contributed by atoms with E-state index in [1.54, 1.807) is 18.1 Å². The van der Waals surface area contributed by atoms with E-state index >= 15 is 0 Å². The van der Waals surface area contributed by atoms with Gasteiger partial charge in [-0.05, 0) is 25.0 Å². The number of hydrogen-bond donors (Lipinski definition) is 1. The predicted molar refractivity (Wildman–Crippen MR) is 77.4 cm³/mol. The number of carbonyl (C=O) groups is 1. The second-order valence-corrected chi connectivity index (χ2v) is 5.23. The van der Waals surface area contributed by atoms with Gasteiger partial charge in [0.05, 0.1) is 17.8 Å². The van der Waals surface area contributed by atoms with Gasteiger partial charge in [-0.3, -0.25) is 4.79 Å². The van der Waals surface area contributed by atoms with Gasteiger partial charge in [0.25, 0.3) is 5.91 Å². The minimum absolute atomic E-state index is 0.0525. The summed E-state index contributed by atoms with van der Waals surface area (Å²) in [6, 6.07) is 3.88. The van der Waals surface area contributed by atoms with Crippen molar-refractivity contribution in [3.63, 3.8) is 0 Å². The van der Waals surface area contributed by atoms with Crippen LogP contribution in [0.2, 0.25) is 0 Å². The molecule has 2 aromatic heterocycles. The molecular formula is C15H20N4O. The lowest BCUT2D eigenvalue weighted by Crippen LogP contribution is -2.28. The Hall–Kier alpha value is -2.17. The van der Waals surface area contributed by atoms with Crippen LogP contribution in [0.25, 0.3) is 0 Å². The molecule has 0 aliphatic heterocycles. The van der Waals surface area contributed by atoms with Crippen LogP contribution in [0, 0.1) is 6.92 Å². The minimum Gasteiger partial charge on any atom is -0.364 e. The maximum absolute atomic E-state index is 12.5. The van der Waals surface area contributed by atoms with Crippen LogP contribution in [0.5, 0.6) is 0 Å². The number of nitrogens with one attached hydrogen (secondary N) is 1. The van der Waals surface area contributed by atoms with Gasteiger partial charge in [-0.15, -0.1) is 0 Å². The Morgan fingerprint density at radius 3 is 2.80 bits per heavy atom. The standard InChI is InChI=1S/C15H20N4O/c1-10(2)14-13(8-17-11(3)18-14)15(20)19(4)9-12-6-5-7-16-12/h5-8,10,16H,9H2,1-4H3. The highest BCUT2D eigenvalue weighted by Crippen LogP contribution is 2.18. The second kappa shape index (κ2) is 5.86. The Labute approximate surface area is 119 Å². The highest BCUT2D eigenvalue weighted by Gasteiger charge is 2.19. The molecule has 0 aromatic carbocycles. The van der Waals surface area contributed by atoms with Crippen LogP contribution in [0.1, 0.15) is 47.3 Å². The molecule has 0 spiro atoms. The fourth-order valence-corrected chi connectivity index (χ4v) is 2.09. The first-order valence-corrected chi connectivity index (χ1v) is 6.70. The van der Waals surface area contributed by atoms with Crippen molar-refractivity contribution in [2.75, 3.05) is 7.05 Å². The van der Waals surface area contributed by atoms with Gasteiger partial charge in [0.2, 0.25) is 0 Å². The fourth-order valence-electron chi connectivity index (χ4n) is 2.09. The zero-order chi connectivity index (χ0) is 14.7. The van der Waals surface area contributed by atoms with Gasteiger partial charge in [-0.25, -0.2) is 9.97 Å². The summed E-state index contributed by atoms with van der Waals surface area (Å²) in [5.74, 6) is 0.829. The van der Waals surface area contributed by atoms with Crippen molar-refractivity contribution in [3.8, 4) is 0 Å². The number of nitrogens with zero attached hydrogens (tertiary/aromatic N) is 3. The van der Waals surface area contributed by atoms with E-state index in [0.717, 1.165) is 11.4 Å². The number of carbonyl (C=O) groups excluding carboxylic acids is 1. The molecule has 0 bridgehead atoms. The van der Waals surface area contributed by atoms with Gasteiger partial charge in [0, 0.05) is 25.1 Å². The topological polar surface area (TPSA) is 61.9 Å². The van der Waals surface area contributed by atoms with Gasteiger partial charge < -0.3 is 9.88 Å². The Morgan fingerprint density at radius 1 is 1.45 bits per heavy atom. The molecule has 0 saturated carbocycles. The molecule has 1 N–H and O–H groups in total. The van der Waals surface area contributed by atoms with Crippen molar-refractivity contribution in [1.82, 2.24) is 19.9 Å². The third-order valence-electron chi connectivity index (χ3n) is 3.13. The number of rotatable bonds is 4. The summed E-state index contributed by atoms with van der Waals surface area (Å²) in [5, 5.41) is 0. The van der Waals surface area contributed by atoms with Crippen molar-refractivity contribution in [1.29, 1.82) is 0 Å². The van der Waals surface area contributed by atoms with Crippen molar-refractivity contribution in [3.05, 3.63) is 47.3 Å². The summed E-state index contributed by atoms with van der Waals surface area (Å²) in [7, 11) is 1.78. The summed E-state index contributed by atoms with van der Waals surface area (Å²) in [4.78, 5) is 25.9. The lowest BCUT2D eigenvalue weighted by atomic mass is 10.0. The summed E-state index contributed by atoms with van der Waals surface area (Å²) >= 11 is 0. The smallest absolute Gasteiger partial charge is 0.257 e. The average Bonchev–Trinajstić information content (AvgIpc) is 2.90. The number of H-pyrrole nitrogens is 1. The quantitative estimate of drug-likeness (QED) is 0.930. The molecule has 5 heteroatoms. The van der Waals surface area contributed by atoms with Crippen LogP contribution in [-0.4, -0.2) is 32.8 Å². The van der Waals surface area contributed by atoms with Gasteiger partial charge in [-0.2, -0.15) is 0 Å². The molecule has 2 heterocycles. The van der Waals surface area contributed by atoms with Crippen LogP contribution in [-0.2, 0) is 6.54 Å². The number of amides is 1. The molecule has 2 rings (SSSR count). The first-order valence-electron chi connectivity index (χ1n) is 6.70. The first kappa shape index (κ1) is 14.2. The molecule has 0 atom stereocenters. The largest absolute Gasteiger partial charge is 0.364 e. The molecule has 0 saturated heterocycles. The van der Waals surface area contributed by atoms with Gasteiger partial charge >= 0.3 is 0 Å². The molecule has 5 nitrogen and oxygen atoms in total. The normalized spacial score (nSPS) is 10.8. The minimum atomic E-state index is -0.0525. The van der Waals surface area contributed by atoms with Crippen LogP contribution >= 0.6 is 0 Å². The highest BCUT2D eigenvalue weighted by molar-refractivity contribution is 5.94. The van der Waals surface area contributed by atoms with E-state index < -0.39 is 0 Å². The van der Waals surface area contributed by atoms with Gasteiger partial charge in [0.1, 0.15) is 5.82 Å². The molecule has 0 aliphatic rings. The monoisotopic (exact) mass is 272 g/mol. The lowest BCUT2D eigenvalue weighted by Gasteiger charge is -2.19. The Bertz CT molecular complexity index is 590. The van der Waals surface area contributed by atoms with E-state index in [1.165, 1.54) is 0 Å². The summed E-state index contributed by atoms with van der Waals surface area (Å²) < 4.78 is 0. The first-order chi connectivity index (χ1) is 9.49. The third-order valence-corrected chi connectivity index (χ3v) is 3.13. The Kier molecular flexibility index (Phi) is 4.17. The molecule has 20 heavy (non-hydrogen) atoms. The van der Waals surface area contributed by atoms with E-state index in [4.69, 9.17) is 0 Å². The van der Waals surface area contributed by atoms with Crippen LogP contribution in [0.3, 0.4) is 0 Å². The second-order valence-electron chi connectivity index (χ2n) is 5.23. The third kappa shape index (κ3) is 3.04. The van der Waals surface area contributed by atoms with Crippen LogP contribution in [0.4, 0.5) is 0 Å². The molecular weight excluding hydrogens is 252 g/mol. The number of hydrogen-bond acceptors (Lipinski definition) is 3. The summed E-state index contributed by atoms with van der Waals surface area (Å²) in [6.07, 6.45) is 3.48. The average molecular weight is 272 g/mol. The van der Waals surface area contributed by atoms with Crippen molar-refractivity contribution >= 4 is 5.91 Å². The molecule has 2 aromatic rings. The van der Waals surface area contributed by atoms with E-state index in [1.807, 2.05) is 39.1 Å². The van der Waals surface area contributed by atoms with Crippen LogP contribution in [0.15, 0.2) is 24.5 Å². The number of aryl methyl sites for hydroxylation is 1. The molecule has 0 unspecified atom stereocenters. The molecule has 0 aliphatic carbocycles. The molecule has 0 radical (unpaired) electrons. The molecule has 1 amide bonds. The summed E-state index contributed by atoms with van der Waals surface area (Å²) in [5.41, 5.74) is 2.39. The SMILES string of the molecule is Cc1ncc(C(=O)N(C)Cc2ccc[nH]2)c(C(C)C)n1. The fraction of sp³-hybridized carbons (Fsp3) is 0.400. The van der Waals surface area contributed by atoms with Crippen molar-refractivity contribution in [2.45, 2.75) is 33.2 Å². The predicted octanol–water partition coefficient (Wildman–Crippen LogP) is 2.51. The zero-order valence-electron chi connectivity index (χ0n) is 12.3. The number of aromatic amines is 1.